The quantitative estimate of drug-likeness (QED) is 0.852. The number of anilines is 2. The molecule has 4 heteroatoms. The van der Waals surface area contributed by atoms with Crippen molar-refractivity contribution in [1.82, 2.24) is 15.0 Å². The van der Waals surface area contributed by atoms with E-state index >= 15 is 0 Å². The molecule has 0 fully saturated rings. The first-order valence-electron chi connectivity index (χ1n) is 5.29. The Hall–Kier alpha value is -1.97. The molecule has 0 unspecified atom stereocenters. The monoisotopic (exact) mass is 214 g/mol. The summed E-state index contributed by atoms with van der Waals surface area (Å²) in [6.45, 7) is 3.98. The topological polar surface area (TPSA) is 50.7 Å². The van der Waals surface area contributed by atoms with E-state index in [1.54, 1.807) is 0 Å². The molecule has 0 atom stereocenters. The standard InChI is InChI=1S/C12H14N4/c1-3-10-4-6-11(7-5-10)16-12-14-8-13-9(2)15-12/h4-8H,3H2,1-2H3,(H,13,14,15,16). The molecule has 0 aliphatic heterocycles. The molecule has 16 heavy (non-hydrogen) atoms. The van der Waals surface area contributed by atoms with Crippen LogP contribution in [-0.2, 0) is 6.42 Å². The molecule has 0 radical (unpaired) electrons. The van der Waals surface area contributed by atoms with Crippen LogP contribution in [0.2, 0.25) is 0 Å². The van der Waals surface area contributed by atoms with Gasteiger partial charge in [0.15, 0.2) is 0 Å². The summed E-state index contributed by atoms with van der Waals surface area (Å²) >= 11 is 0. The first kappa shape index (κ1) is 10.5. The van der Waals surface area contributed by atoms with Gasteiger partial charge in [0, 0.05) is 5.69 Å². The third-order valence-electron chi connectivity index (χ3n) is 2.31. The zero-order chi connectivity index (χ0) is 11.4. The zero-order valence-electron chi connectivity index (χ0n) is 9.44. The van der Waals surface area contributed by atoms with Crippen LogP contribution in [0.15, 0.2) is 30.6 Å². The van der Waals surface area contributed by atoms with Gasteiger partial charge >= 0.3 is 0 Å². The number of hydrogen-bond donors (Lipinski definition) is 1. The lowest BCUT2D eigenvalue weighted by molar-refractivity contribution is 0.981. The smallest absolute Gasteiger partial charge is 0.230 e. The summed E-state index contributed by atoms with van der Waals surface area (Å²) in [6, 6.07) is 8.24. The second-order valence-electron chi connectivity index (χ2n) is 3.53. The molecule has 0 aliphatic carbocycles. The molecule has 0 bridgehead atoms. The third-order valence-corrected chi connectivity index (χ3v) is 2.31. The van der Waals surface area contributed by atoms with E-state index in [1.165, 1.54) is 11.9 Å². The van der Waals surface area contributed by atoms with Gasteiger partial charge in [-0.25, -0.2) is 9.97 Å². The summed E-state index contributed by atoms with van der Waals surface area (Å²) in [6.07, 6.45) is 2.55. The number of nitrogens with zero attached hydrogens (tertiary/aromatic N) is 3. The molecule has 1 heterocycles. The van der Waals surface area contributed by atoms with Crippen LogP contribution in [0.4, 0.5) is 11.6 Å². The molecule has 0 spiro atoms. The van der Waals surface area contributed by atoms with Crippen molar-refractivity contribution in [3.05, 3.63) is 42.0 Å². The normalized spacial score (nSPS) is 10.1. The number of rotatable bonds is 3. The summed E-state index contributed by atoms with van der Waals surface area (Å²) < 4.78 is 0. The minimum absolute atomic E-state index is 0.580. The predicted octanol–water partition coefficient (Wildman–Crippen LogP) is 2.49. The van der Waals surface area contributed by atoms with Crippen molar-refractivity contribution in [2.24, 2.45) is 0 Å². The Morgan fingerprint density at radius 3 is 2.50 bits per heavy atom. The Labute approximate surface area is 94.8 Å². The van der Waals surface area contributed by atoms with Gasteiger partial charge in [-0.1, -0.05) is 19.1 Å². The maximum absolute atomic E-state index is 4.18. The van der Waals surface area contributed by atoms with Crippen LogP contribution >= 0.6 is 0 Å². The van der Waals surface area contributed by atoms with Gasteiger partial charge in [0.25, 0.3) is 0 Å². The van der Waals surface area contributed by atoms with Gasteiger partial charge in [-0.15, -0.1) is 0 Å². The second-order valence-corrected chi connectivity index (χ2v) is 3.53. The number of benzene rings is 1. The Bertz CT molecular complexity index is 465. The van der Waals surface area contributed by atoms with Crippen molar-refractivity contribution in [3.63, 3.8) is 0 Å². The number of aromatic nitrogens is 3. The SMILES string of the molecule is CCc1ccc(Nc2ncnc(C)n2)cc1. The average molecular weight is 214 g/mol. The van der Waals surface area contributed by atoms with Gasteiger partial charge in [-0.05, 0) is 31.0 Å². The molecule has 1 aromatic heterocycles. The molecular formula is C12H14N4. The molecule has 0 saturated carbocycles. The van der Waals surface area contributed by atoms with Crippen LogP contribution in [0.5, 0.6) is 0 Å². The van der Waals surface area contributed by atoms with E-state index in [2.05, 4.69) is 39.3 Å². The lowest BCUT2D eigenvalue weighted by Gasteiger charge is -2.05. The Morgan fingerprint density at radius 2 is 1.88 bits per heavy atom. The highest BCUT2D eigenvalue weighted by atomic mass is 15.1. The van der Waals surface area contributed by atoms with E-state index in [4.69, 9.17) is 0 Å². The van der Waals surface area contributed by atoms with Gasteiger partial charge in [-0.2, -0.15) is 4.98 Å². The van der Waals surface area contributed by atoms with Crippen LogP contribution in [0.3, 0.4) is 0 Å². The Balaban J connectivity index is 2.14. The zero-order valence-corrected chi connectivity index (χ0v) is 9.44. The summed E-state index contributed by atoms with van der Waals surface area (Å²) in [5.41, 5.74) is 2.31. The third kappa shape index (κ3) is 2.53. The number of aryl methyl sites for hydroxylation is 2. The molecule has 82 valence electrons. The summed E-state index contributed by atoms with van der Waals surface area (Å²) in [4.78, 5) is 12.2. The number of hydrogen-bond acceptors (Lipinski definition) is 4. The van der Waals surface area contributed by atoms with Crippen molar-refractivity contribution < 1.29 is 0 Å². The van der Waals surface area contributed by atoms with Crippen LogP contribution in [0, 0.1) is 6.92 Å². The predicted molar refractivity (Wildman–Crippen MR) is 63.7 cm³/mol. The fourth-order valence-electron chi connectivity index (χ4n) is 1.39. The van der Waals surface area contributed by atoms with E-state index in [0.29, 0.717) is 11.8 Å². The van der Waals surface area contributed by atoms with E-state index in [1.807, 2.05) is 19.1 Å². The maximum Gasteiger partial charge on any atom is 0.230 e. The van der Waals surface area contributed by atoms with E-state index in [-0.39, 0.29) is 0 Å². The molecule has 2 aromatic rings. The molecule has 0 amide bonds. The van der Waals surface area contributed by atoms with Crippen LogP contribution in [-0.4, -0.2) is 15.0 Å². The summed E-state index contributed by atoms with van der Waals surface area (Å²) in [5.74, 6) is 1.29. The minimum atomic E-state index is 0.580. The van der Waals surface area contributed by atoms with E-state index in [9.17, 15) is 0 Å². The van der Waals surface area contributed by atoms with E-state index in [0.717, 1.165) is 12.1 Å². The second kappa shape index (κ2) is 4.70. The molecule has 4 nitrogen and oxygen atoms in total. The van der Waals surface area contributed by atoms with Gasteiger partial charge in [0.2, 0.25) is 5.95 Å². The highest BCUT2D eigenvalue weighted by Crippen LogP contribution is 2.13. The van der Waals surface area contributed by atoms with Crippen molar-refractivity contribution in [3.8, 4) is 0 Å². The van der Waals surface area contributed by atoms with Crippen molar-refractivity contribution in [1.29, 1.82) is 0 Å². The van der Waals surface area contributed by atoms with Crippen LogP contribution < -0.4 is 5.32 Å². The van der Waals surface area contributed by atoms with Gasteiger partial charge in [0.1, 0.15) is 12.2 Å². The molecule has 0 aliphatic rings. The summed E-state index contributed by atoms with van der Waals surface area (Å²) in [7, 11) is 0. The molecule has 1 aromatic carbocycles. The van der Waals surface area contributed by atoms with E-state index < -0.39 is 0 Å². The van der Waals surface area contributed by atoms with Crippen LogP contribution in [0.1, 0.15) is 18.3 Å². The fourth-order valence-corrected chi connectivity index (χ4v) is 1.39. The fraction of sp³-hybridized carbons (Fsp3) is 0.250. The highest BCUT2D eigenvalue weighted by molar-refractivity contribution is 5.53. The van der Waals surface area contributed by atoms with Crippen LogP contribution in [0.25, 0.3) is 0 Å². The van der Waals surface area contributed by atoms with Crippen molar-refractivity contribution in [2.75, 3.05) is 5.32 Å². The summed E-state index contributed by atoms with van der Waals surface area (Å²) in [5, 5.41) is 3.13. The Morgan fingerprint density at radius 1 is 1.12 bits per heavy atom. The lowest BCUT2D eigenvalue weighted by Crippen LogP contribution is -1.99. The minimum Gasteiger partial charge on any atom is -0.324 e. The largest absolute Gasteiger partial charge is 0.324 e. The molecule has 1 N–H and O–H groups in total. The molecule has 0 saturated heterocycles. The highest BCUT2D eigenvalue weighted by Gasteiger charge is 1.98. The first-order valence-corrected chi connectivity index (χ1v) is 5.29. The van der Waals surface area contributed by atoms with Gasteiger partial charge in [0.05, 0.1) is 0 Å². The average Bonchev–Trinajstić information content (AvgIpc) is 2.30. The number of nitrogens with one attached hydrogen (secondary N) is 1. The van der Waals surface area contributed by atoms with Gasteiger partial charge in [-0.3, -0.25) is 0 Å². The first-order chi connectivity index (χ1) is 7.78. The van der Waals surface area contributed by atoms with Gasteiger partial charge < -0.3 is 5.32 Å². The van der Waals surface area contributed by atoms with Crippen molar-refractivity contribution in [2.45, 2.75) is 20.3 Å². The van der Waals surface area contributed by atoms with Crippen molar-refractivity contribution >= 4 is 11.6 Å². The lowest BCUT2D eigenvalue weighted by atomic mass is 10.1. The molecule has 2 rings (SSSR count). The Kier molecular flexibility index (Phi) is 3.10. The maximum atomic E-state index is 4.18. The molecular weight excluding hydrogens is 200 g/mol.